The molecule has 0 bridgehead atoms. The van der Waals surface area contributed by atoms with Gasteiger partial charge >= 0.3 is 5.69 Å². The molecular formula is C22H25N3O4. The van der Waals surface area contributed by atoms with E-state index in [1.165, 1.54) is 4.57 Å². The molecule has 1 heterocycles. The number of nitrogens with one attached hydrogen (secondary N) is 1. The number of hydrogen-bond acceptors (Lipinski definition) is 4. The molecule has 3 rings (SSSR count). The van der Waals surface area contributed by atoms with E-state index < -0.39 is 17.6 Å². The molecule has 1 unspecified atom stereocenters. The van der Waals surface area contributed by atoms with E-state index in [-0.39, 0.29) is 25.3 Å². The van der Waals surface area contributed by atoms with Crippen molar-refractivity contribution in [1.29, 1.82) is 0 Å². The van der Waals surface area contributed by atoms with Crippen LogP contribution in [0.25, 0.3) is 10.9 Å². The van der Waals surface area contributed by atoms with Crippen molar-refractivity contribution < 1.29 is 9.90 Å². The van der Waals surface area contributed by atoms with Crippen LogP contribution in [0.2, 0.25) is 0 Å². The van der Waals surface area contributed by atoms with Crippen LogP contribution in [0.4, 0.5) is 0 Å². The van der Waals surface area contributed by atoms with E-state index in [2.05, 4.69) is 5.32 Å². The van der Waals surface area contributed by atoms with Crippen LogP contribution in [0.15, 0.2) is 58.1 Å². The summed E-state index contributed by atoms with van der Waals surface area (Å²) < 4.78 is 2.42. The van der Waals surface area contributed by atoms with E-state index in [0.717, 1.165) is 15.7 Å². The Kier molecular flexibility index (Phi) is 6.29. The van der Waals surface area contributed by atoms with E-state index in [1.54, 1.807) is 31.2 Å². The molecule has 2 N–H and O–H groups in total. The van der Waals surface area contributed by atoms with Crippen molar-refractivity contribution in [3.63, 3.8) is 0 Å². The second kappa shape index (κ2) is 8.87. The number of aliphatic hydroxyl groups excluding tert-OH is 1. The Morgan fingerprint density at radius 1 is 1.10 bits per heavy atom. The lowest BCUT2D eigenvalue weighted by Crippen LogP contribution is -2.45. The second-order valence-corrected chi connectivity index (χ2v) is 7.08. The third-order valence-corrected chi connectivity index (χ3v) is 4.90. The predicted octanol–water partition coefficient (Wildman–Crippen LogP) is 1.21. The maximum absolute atomic E-state index is 12.8. The lowest BCUT2D eigenvalue weighted by molar-refractivity contribution is -0.122. The average molecular weight is 395 g/mol. The summed E-state index contributed by atoms with van der Waals surface area (Å²) in [4.78, 5) is 37.9. The minimum absolute atomic E-state index is 0.218. The van der Waals surface area contributed by atoms with Crippen LogP contribution >= 0.6 is 0 Å². The molecule has 152 valence electrons. The third-order valence-electron chi connectivity index (χ3n) is 4.90. The number of amides is 1. The maximum Gasteiger partial charge on any atom is 0.331 e. The van der Waals surface area contributed by atoms with Gasteiger partial charge < -0.3 is 10.4 Å². The number of aromatic nitrogens is 2. The van der Waals surface area contributed by atoms with Crippen LogP contribution < -0.4 is 16.6 Å². The Morgan fingerprint density at radius 2 is 1.86 bits per heavy atom. The Labute approximate surface area is 168 Å². The van der Waals surface area contributed by atoms with Crippen molar-refractivity contribution in [3.8, 4) is 0 Å². The Hall–Kier alpha value is -3.19. The van der Waals surface area contributed by atoms with Gasteiger partial charge in [0.05, 0.1) is 23.6 Å². The number of aryl methyl sites for hydroxylation is 1. The van der Waals surface area contributed by atoms with Gasteiger partial charge in [-0.2, -0.15) is 0 Å². The zero-order valence-corrected chi connectivity index (χ0v) is 16.6. The number of nitrogens with zero attached hydrogens (tertiary/aromatic N) is 2. The SMILES string of the molecule is CCn1c(=O)c2ccccc2n(CC(=O)NC(CO)Cc2cccc(C)c2)c1=O. The second-order valence-electron chi connectivity index (χ2n) is 7.08. The fourth-order valence-electron chi connectivity index (χ4n) is 3.50. The summed E-state index contributed by atoms with van der Waals surface area (Å²) in [7, 11) is 0. The Bertz CT molecular complexity index is 1150. The number of benzene rings is 2. The highest BCUT2D eigenvalue weighted by atomic mass is 16.3. The summed E-state index contributed by atoms with van der Waals surface area (Å²) >= 11 is 0. The number of carbonyl (C=O) groups is 1. The van der Waals surface area contributed by atoms with Gasteiger partial charge in [-0.25, -0.2) is 4.79 Å². The van der Waals surface area contributed by atoms with Crippen molar-refractivity contribution in [1.82, 2.24) is 14.5 Å². The molecule has 1 amide bonds. The number of fused-ring (bicyclic) bond motifs is 1. The summed E-state index contributed by atoms with van der Waals surface area (Å²) in [5.74, 6) is -0.398. The fourth-order valence-corrected chi connectivity index (χ4v) is 3.50. The minimum Gasteiger partial charge on any atom is -0.394 e. The first kappa shape index (κ1) is 20.5. The average Bonchev–Trinajstić information content (AvgIpc) is 2.71. The lowest BCUT2D eigenvalue weighted by Gasteiger charge is -2.18. The monoisotopic (exact) mass is 395 g/mol. The number of aliphatic hydroxyl groups is 1. The molecule has 0 spiro atoms. The molecule has 0 saturated carbocycles. The first-order chi connectivity index (χ1) is 13.9. The molecule has 0 radical (unpaired) electrons. The van der Waals surface area contributed by atoms with Gasteiger partial charge in [0.2, 0.25) is 5.91 Å². The molecule has 3 aromatic rings. The molecule has 7 heteroatoms. The topological polar surface area (TPSA) is 93.3 Å². The number of rotatable bonds is 7. The van der Waals surface area contributed by atoms with Gasteiger partial charge in [-0.3, -0.25) is 18.7 Å². The molecule has 0 saturated heterocycles. The minimum atomic E-state index is -0.523. The summed E-state index contributed by atoms with van der Waals surface area (Å²) in [6.45, 7) is 3.46. The van der Waals surface area contributed by atoms with E-state index >= 15 is 0 Å². The van der Waals surface area contributed by atoms with Gasteiger partial charge in [-0.1, -0.05) is 42.0 Å². The van der Waals surface area contributed by atoms with Crippen molar-refractivity contribution >= 4 is 16.8 Å². The van der Waals surface area contributed by atoms with Gasteiger partial charge in [0, 0.05) is 6.54 Å². The van der Waals surface area contributed by atoms with E-state index in [4.69, 9.17) is 0 Å². The number of hydrogen-bond donors (Lipinski definition) is 2. The van der Waals surface area contributed by atoms with E-state index in [9.17, 15) is 19.5 Å². The standard InChI is InChI=1S/C22H25N3O4/c1-3-24-21(28)18-9-4-5-10-19(18)25(22(24)29)13-20(27)23-17(14-26)12-16-8-6-7-15(2)11-16/h4-11,17,26H,3,12-14H2,1-2H3,(H,23,27). The molecule has 7 nitrogen and oxygen atoms in total. The molecule has 0 fully saturated rings. The number of para-hydroxylation sites is 1. The number of carbonyl (C=O) groups excluding carboxylic acids is 1. The summed E-state index contributed by atoms with van der Waals surface area (Å²) in [6, 6.07) is 14.1. The van der Waals surface area contributed by atoms with Gasteiger partial charge in [0.25, 0.3) is 5.56 Å². The normalized spacial score (nSPS) is 12.1. The highest BCUT2D eigenvalue weighted by Gasteiger charge is 2.17. The van der Waals surface area contributed by atoms with E-state index in [0.29, 0.717) is 17.3 Å². The first-order valence-electron chi connectivity index (χ1n) is 9.62. The van der Waals surface area contributed by atoms with Gasteiger partial charge in [-0.05, 0) is 38.0 Å². The van der Waals surface area contributed by atoms with Crippen LogP contribution in [0, 0.1) is 6.92 Å². The van der Waals surface area contributed by atoms with Crippen LogP contribution in [-0.4, -0.2) is 32.8 Å². The summed E-state index contributed by atoms with van der Waals surface area (Å²) in [5.41, 5.74) is 1.64. The van der Waals surface area contributed by atoms with Gasteiger partial charge in [0.1, 0.15) is 6.54 Å². The summed E-state index contributed by atoms with van der Waals surface area (Å²) in [6.07, 6.45) is 0.480. The first-order valence-corrected chi connectivity index (χ1v) is 9.62. The Balaban J connectivity index is 1.86. The van der Waals surface area contributed by atoms with Crippen molar-refractivity contribution in [2.24, 2.45) is 0 Å². The zero-order valence-electron chi connectivity index (χ0n) is 16.6. The maximum atomic E-state index is 12.8. The fraction of sp³-hybridized carbons (Fsp3) is 0.318. The molecule has 0 aliphatic heterocycles. The molecule has 1 aromatic heterocycles. The van der Waals surface area contributed by atoms with Crippen LogP contribution in [-0.2, 0) is 24.3 Å². The Morgan fingerprint density at radius 3 is 2.55 bits per heavy atom. The van der Waals surface area contributed by atoms with E-state index in [1.807, 2.05) is 31.2 Å². The highest BCUT2D eigenvalue weighted by Crippen LogP contribution is 2.09. The third kappa shape index (κ3) is 4.46. The summed E-state index contributed by atoms with van der Waals surface area (Å²) in [5, 5.41) is 12.9. The molecule has 0 aliphatic carbocycles. The lowest BCUT2D eigenvalue weighted by atomic mass is 10.0. The van der Waals surface area contributed by atoms with Crippen molar-refractivity contribution in [2.75, 3.05) is 6.61 Å². The van der Waals surface area contributed by atoms with Gasteiger partial charge in [0.15, 0.2) is 0 Å². The smallest absolute Gasteiger partial charge is 0.331 e. The molecule has 0 aliphatic rings. The predicted molar refractivity (Wildman–Crippen MR) is 112 cm³/mol. The molecule has 29 heavy (non-hydrogen) atoms. The largest absolute Gasteiger partial charge is 0.394 e. The van der Waals surface area contributed by atoms with Crippen LogP contribution in [0.3, 0.4) is 0 Å². The molecule has 1 atom stereocenters. The highest BCUT2D eigenvalue weighted by molar-refractivity contribution is 5.81. The van der Waals surface area contributed by atoms with Gasteiger partial charge in [-0.15, -0.1) is 0 Å². The van der Waals surface area contributed by atoms with Crippen LogP contribution in [0.5, 0.6) is 0 Å². The van der Waals surface area contributed by atoms with Crippen molar-refractivity contribution in [3.05, 3.63) is 80.5 Å². The van der Waals surface area contributed by atoms with Crippen molar-refractivity contribution in [2.45, 2.75) is 39.4 Å². The molecular weight excluding hydrogens is 370 g/mol. The van der Waals surface area contributed by atoms with Crippen LogP contribution in [0.1, 0.15) is 18.1 Å². The quantitative estimate of drug-likeness (QED) is 0.629. The molecule has 2 aromatic carbocycles. The zero-order chi connectivity index (χ0) is 21.0.